The fourth-order valence-corrected chi connectivity index (χ4v) is 2.02. The summed E-state index contributed by atoms with van der Waals surface area (Å²) in [7, 11) is -3.88. The number of hydrogen-bond donors (Lipinski definition) is 1. The molecule has 2 rings (SSSR count). The van der Waals surface area contributed by atoms with Crippen LogP contribution in [0, 0.1) is 0 Å². The maximum Gasteiger partial charge on any atom is 0.243 e. The minimum absolute atomic E-state index is 0.0673. The first-order valence-corrected chi connectivity index (χ1v) is 6.80. The van der Waals surface area contributed by atoms with Gasteiger partial charge in [-0.3, -0.25) is 0 Å². The van der Waals surface area contributed by atoms with Crippen LogP contribution in [-0.2, 0) is 10.0 Å². The minimum Gasteiger partial charge on any atom is -0.438 e. The van der Waals surface area contributed by atoms with Crippen molar-refractivity contribution in [3.05, 3.63) is 47.6 Å². The number of rotatable bonds is 3. The molecule has 0 saturated heterocycles. The minimum atomic E-state index is -3.88. The van der Waals surface area contributed by atoms with E-state index < -0.39 is 10.0 Å². The molecule has 0 aliphatic rings. The number of nitrogens with zero attached hydrogens (tertiary/aromatic N) is 1. The predicted molar refractivity (Wildman–Crippen MR) is 67.1 cm³/mol. The van der Waals surface area contributed by atoms with Crippen LogP contribution in [0.4, 0.5) is 0 Å². The number of benzene rings is 1. The molecule has 0 aliphatic carbocycles. The third-order valence-corrected chi connectivity index (χ3v) is 3.25. The predicted octanol–water partition coefficient (Wildman–Crippen LogP) is 2.17. The molecule has 1 aromatic carbocycles. The van der Waals surface area contributed by atoms with Gasteiger partial charge in [-0.2, -0.15) is 0 Å². The third kappa shape index (κ3) is 2.98. The molecule has 0 fully saturated rings. The smallest absolute Gasteiger partial charge is 0.243 e. The van der Waals surface area contributed by atoms with Crippen LogP contribution in [0.3, 0.4) is 0 Å². The average Bonchev–Trinajstić information content (AvgIpc) is 2.31. The van der Waals surface area contributed by atoms with Gasteiger partial charge in [-0.05, 0) is 36.4 Å². The van der Waals surface area contributed by atoms with Crippen LogP contribution in [-0.4, -0.2) is 13.4 Å². The first-order valence-electron chi connectivity index (χ1n) is 4.88. The van der Waals surface area contributed by atoms with Crippen LogP contribution >= 0.6 is 11.6 Å². The fraction of sp³-hybridized carbons (Fsp3) is 0. The van der Waals surface area contributed by atoms with E-state index in [1.165, 1.54) is 18.3 Å². The van der Waals surface area contributed by atoms with E-state index in [0.29, 0.717) is 10.8 Å². The molecular weight excluding hydrogens is 276 g/mol. The molecule has 2 aromatic rings. The third-order valence-electron chi connectivity index (χ3n) is 2.07. The van der Waals surface area contributed by atoms with Crippen molar-refractivity contribution < 1.29 is 13.2 Å². The average molecular weight is 285 g/mol. The number of primary sulfonamides is 1. The summed E-state index contributed by atoms with van der Waals surface area (Å²) in [5.41, 5.74) is 0. The summed E-state index contributed by atoms with van der Waals surface area (Å²) in [5.74, 6) is 0.352. The van der Waals surface area contributed by atoms with Gasteiger partial charge in [-0.25, -0.2) is 18.5 Å². The number of ether oxygens (including phenoxy) is 1. The topological polar surface area (TPSA) is 82.3 Å². The van der Waals surface area contributed by atoms with Gasteiger partial charge in [0, 0.05) is 11.2 Å². The lowest BCUT2D eigenvalue weighted by molar-refractivity contribution is 0.447. The van der Waals surface area contributed by atoms with Crippen LogP contribution in [0.1, 0.15) is 0 Å². The zero-order chi connectivity index (χ0) is 13.2. The zero-order valence-corrected chi connectivity index (χ0v) is 10.6. The summed E-state index contributed by atoms with van der Waals surface area (Å²) < 4.78 is 28.0. The first-order chi connectivity index (χ1) is 8.47. The molecule has 18 heavy (non-hydrogen) atoms. The van der Waals surface area contributed by atoms with E-state index in [-0.39, 0.29) is 10.8 Å². The molecular formula is C11H9ClN2O3S. The molecule has 7 heteroatoms. The SMILES string of the molecule is NS(=O)(=O)c1cccnc1Oc1ccc(Cl)cc1. The Balaban J connectivity index is 2.38. The van der Waals surface area contributed by atoms with Gasteiger partial charge in [0.15, 0.2) is 0 Å². The van der Waals surface area contributed by atoms with Gasteiger partial charge >= 0.3 is 0 Å². The maximum absolute atomic E-state index is 11.3. The molecule has 0 aliphatic heterocycles. The number of nitrogens with two attached hydrogens (primary N) is 1. The quantitative estimate of drug-likeness (QED) is 0.936. The van der Waals surface area contributed by atoms with E-state index in [1.54, 1.807) is 24.3 Å². The Morgan fingerprint density at radius 2 is 1.83 bits per heavy atom. The number of pyridine rings is 1. The molecule has 94 valence electrons. The summed E-state index contributed by atoms with van der Waals surface area (Å²) in [6.45, 7) is 0. The largest absolute Gasteiger partial charge is 0.438 e. The van der Waals surface area contributed by atoms with E-state index in [1.807, 2.05) is 0 Å². The van der Waals surface area contributed by atoms with Crippen molar-refractivity contribution in [2.45, 2.75) is 4.90 Å². The van der Waals surface area contributed by atoms with Crippen LogP contribution in [0.15, 0.2) is 47.5 Å². The maximum atomic E-state index is 11.3. The number of aromatic nitrogens is 1. The van der Waals surface area contributed by atoms with Crippen molar-refractivity contribution in [2.75, 3.05) is 0 Å². The number of halogens is 1. The van der Waals surface area contributed by atoms with Gasteiger partial charge in [0.2, 0.25) is 15.9 Å². The molecule has 1 aromatic heterocycles. The lowest BCUT2D eigenvalue weighted by Gasteiger charge is -2.08. The Morgan fingerprint density at radius 3 is 2.44 bits per heavy atom. The van der Waals surface area contributed by atoms with Gasteiger partial charge in [-0.15, -0.1) is 0 Å². The van der Waals surface area contributed by atoms with Crippen molar-refractivity contribution in [2.24, 2.45) is 5.14 Å². The highest BCUT2D eigenvalue weighted by atomic mass is 35.5. The lowest BCUT2D eigenvalue weighted by atomic mass is 10.3. The summed E-state index contributed by atoms with van der Waals surface area (Å²) in [6, 6.07) is 9.24. The molecule has 0 atom stereocenters. The number of hydrogen-bond acceptors (Lipinski definition) is 4. The number of sulfonamides is 1. The second-order valence-electron chi connectivity index (χ2n) is 3.41. The Bertz CT molecular complexity index is 656. The Hall–Kier alpha value is -1.63. The van der Waals surface area contributed by atoms with Crippen LogP contribution in [0.5, 0.6) is 11.6 Å². The van der Waals surface area contributed by atoms with E-state index in [4.69, 9.17) is 21.5 Å². The Morgan fingerprint density at radius 1 is 1.17 bits per heavy atom. The molecule has 0 saturated carbocycles. The normalized spacial score (nSPS) is 11.2. The molecule has 1 heterocycles. The highest BCUT2D eigenvalue weighted by Gasteiger charge is 2.16. The second kappa shape index (κ2) is 4.93. The summed E-state index contributed by atoms with van der Waals surface area (Å²) >= 11 is 5.73. The summed E-state index contributed by atoms with van der Waals surface area (Å²) in [4.78, 5) is 3.68. The zero-order valence-electron chi connectivity index (χ0n) is 9.08. The first kappa shape index (κ1) is 12.8. The monoisotopic (exact) mass is 284 g/mol. The van der Waals surface area contributed by atoms with Crippen LogP contribution in [0.25, 0.3) is 0 Å². The molecule has 5 nitrogen and oxygen atoms in total. The van der Waals surface area contributed by atoms with Gasteiger partial charge in [0.1, 0.15) is 10.6 Å². The molecule has 0 amide bonds. The lowest BCUT2D eigenvalue weighted by Crippen LogP contribution is -2.13. The second-order valence-corrected chi connectivity index (χ2v) is 5.37. The van der Waals surface area contributed by atoms with Crippen molar-refractivity contribution in [1.29, 1.82) is 0 Å². The molecule has 0 radical (unpaired) electrons. The van der Waals surface area contributed by atoms with E-state index in [0.717, 1.165) is 0 Å². The van der Waals surface area contributed by atoms with E-state index >= 15 is 0 Å². The van der Waals surface area contributed by atoms with Crippen LogP contribution < -0.4 is 9.88 Å². The summed E-state index contributed by atoms with van der Waals surface area (Å²) in [5, 5.41) is 5.62. The van der Waals surface area contributed by atoms with Crippen molar-refractivity contribution >= 4 is 21.6 Å². The van der Waals surface area contributed by atoms with Crippen LogP contribution in [0.2, 0.25) is 5.02 Å². The van der Waals surface area contributed by atoms with Crippen molar-refractivity contribution in [1.82, 2.24) is 4.98 Å². The molecule has 0 unspecified atom stereocenters. The fourth-order valence-electron chi connectivity index (χ4n) is 1.28. The van der Waals surface area contributed by atoms with E-state index in [9.17, 15) is 8.42 Å². The van der Waals surface area contributed by atoms with Gasteiger partial charge in [0.25, 0.3) is 0 Å². The molecule has 2 N–H and O–H groups in total. The summed E-state index contributed by atoms with van der Waals surface area (Å²) in [6.07, 6.45) is 1.42. The standard InChI is InChI=1S/C11H9ClN2O3S/c12-8-3-5-9(6-4-8)17-11-10(18(13,15)16)2-1-7-14-11/h1-7H,(H2,13,15,16). The van der Waals surface area contributed by atoms with Crippen molar-refractivity contribution in [3.8, 4) is 11.6 Å². The Kier molecular flexibility index (Phi) is 3.51. The van der Waals surface area contributed by atoms with Gasteiger partial charge in [0.05, 0.1) is 0 Å². The highest BCUT2D eigenvalue weighted by Crippen LogP contribution is 2.26. The molecule has 0 spiro atoms. The Labute approximate surface area is 109 Å². The highest BCUT2D eigenvalue weighted by molar-refractivity contribution is 7.89. The van der Waals surface area contributed by atoms with Gasteiger partial charge < -0.3 is 4.74 Å². The van der Waals surface area contributed by atoms with Gasteiger partial charge in [-0.1, -0.05) is 11.6 Å². The van der Waals surface area contributed by atoms with E-state index in [2.05, 4.69) is 4.98 Å². The van der Waals surface area contributed by atoms with Crippen molar-refractivity contribution in [3.63, 3.8) is 0 Å². The molecule has 0 bridgehead atoms.